The number of carboxylic acid groups (broad SMARTS) is 1. The normalized spacial score (nSPS) is 14.9. The van der Waals surface area contributed by atoms with Crippen LogP contribution in [0.2, 0.25) is 0 Å². The van der Waals surface area contributed by atoms with Crippen molar-refractivity contribution in [3.05, 3.63) is 11.6 Å². The second-order valence-corrected chi connectivity index (χ2v) is 5.02. The number of aliphatic carboxylic acids is 1. The summed E-state index contributed by atoms with van der Waals surface area (Å²) in [7, 11) is 1.64. The van der Waals surface area contributed by atoms with E-state index in [9.17, 15) is 9.59 Å². The number of amides is 1. The Bertz CT molecular complexity index is 513. The molecular weight excluding hydrogens is 262 g/mol. The second-order valence-electron chi connectivity index (χ2n) is 5.02. The zero-order valence-electron chi connectivity index (χ0n) is 11.4. The number of aromatic nitrogens is 3. The summed E-state index contributed by atoms with van der Waals surface area (Å²) in [5.41, 5.74) is 5.71. The molecule has 1 aromatic heterocycles. The third-order valence-electron chi connectivity index (χ3n) is 3.43. The monoisotopic (exact) mass is 281 g/mol. The van der Waals surface area contributed by atoms with E-state index in [-0.39, 0.29) is 18.7 Å². The molecule has 0 saturated heterocycles. The predicted molar refractivity (Wildman–Crippen MR) is 69.7 cm³/mol. The largest absolute Gasteiger partial charge is 0.481 e. The van der Waals surface area contributed by atoms with Gasteiger partial charge >= 0.3 is 5.97 Å². The molecule has 0 saturated carbocycles. The average molecular weight is 281 g/mol. The number of likely N-dealkylation sites (N-methyl/N-ethyl adjacent to an activating group) is 1. The maximum absolute atomic E-state index is 12.0. The van der Waals surface area contributed by atoms with Crippen LogP contribution in [0.5, 0.6) is 0 Å². The van der Waals surface area contributed by atoms with Gasteiger partial charge < -0.3 is 20.3 Å². The van der Waals surface area contributed by atoms with Gasteiger partial charge in [0.2, 0.25) is 5.91 Å². The van der Waals surface area contributed by atoms with E-state index in [1.54, 1.807) is 7.05 Å². The summed E-state index contributed by atoms with van der Waals surface area (Å²) in [6.45, 7) is 1.22. The summed E-state index contributed by atoms with van der Waals surface area (Å²) in [6.07, 6.45) is 1.99. The lowest BCUT2D eigenvalue weighted by Gasteiger charge is -2.20. The van der Waals surface area contributed by atoms with Crippen LogP contribution in [0, 0.1) is 0 Å². The molecule has 1 unspecified atom stereocenters. The maximum Gasteiger partial charge on any atom is 0.303 e. The van der Waals surface area contributed by atoms with E-state index in [4.69, 9.17) is 10.8 Å². The Hall–Kier alpha value is -1.96. The van der Waals surface area contributed by atoms with Gasteiger partial charge in [-0.05, 0) is 12.8 Å². The van der Waals surface area contributed by atoms with Crippen LogP contribution in [0.15, 0.2) is 0 Å². The molecule has 0 aliphatic carbocycles. The van der Waals surface area contributed by atoms with Crippen LogP contribution in [0.4, 0.5) is 0 Å². The zero-order chi connectivity index (χ0) is 14.7. The number of nitrogens with zero attached hydrogens (tertiary/aromatic N) is 4. The van der Waals surface area contributed by atoms with Gasteiger partial charge in [0, 0.05) is 26.4 Å². The molecule has 1 aliphatic rings. The molecule has 1 aliphatic heterocycles. The second kappa shape index (κ2) is 6.00. The molecule has 2 rings (SSSR count). The fraction of sp³-hybridized carbons (Fsp3) is 0.667. The van der Waals surface area contributed by atoms with Crippen molar-refractivity contribution >= 4 is 11.9 Å². The maximum atomic E-state index is 12.0. The number of aryl methyl sites for hydroxylation is 1. The van der Waals surface area contributed by atoms with Gasteiger partial charge in [0.05, 0.1) is 12.6 Å². The van der Waals surface area contributed by atoms with E-state index >= 15 is 0 Å². The van der Waals surface area contributed by atoms with Crippen molar-refractivity contribution in [3.8, 4) is 0 Å². The highest BCUT2D eigenvalue weighted by molar-refractivity contribution is 5.82. The van der Waals surface area contributed by atoms with Gasteiger partial charge in [-0.15, -0.1) is 10.2 Å². The lowest BCUT2D eigenvalue weighted by molar-refractivity contribution is -0.137. The minimum absolute atomic E-state index is 0.110. The number of nitrogens with two attached hydrogens (primary N) is 1. The molecule has 0 radical (unpaired) electrons. The third-order valence-corrected chi connectivity index (χ3v) is 3.43. The van der Waals surface area contributed by atoms with Crippen LogP contribution in [-0.4, -0.2) is 49.7 Å². The first kappa shape index (κ1) is 14.4. The molecule has 0 spiro atoms. The molecule has 0 fully saturated rings. The van der Waals surface area contributed by atoms with Gasteiger partial charge in [0.15, 0.2) is 5.82 Å². The number of carbonyl (C=O) groups is 2. The Morgan fingerprint density at radius 1 is 1.50 bits per heavy atom. The molecule has 110 valence electrons. The Morgan fingerprint density at radius 3 is 2.95 bits per heavy atom. The molecule has 1 atom stereocenters. The van der Waals surface area contributed by atoms with Crippen molar-refractivity contribution in [2.24, 2.45) is 5.73 Å². The Kier molecular flexibility index (Phi) is 4.33. The third kappa shape index (κ3) is 3.13. The minimum Gasteiger partial charge on any atom is -0.481 e. The molecule has 8 heteroatoms. The molecule has 2 heterocycles. The summed E-state index contributed by atoms with van der Waals surface area (Å²) in [5, 5.41) is 16.8. The van der Waals surface area contributed by atoms with Gasteiger partial charge in [-0.25, -0.2) is 0 Å². The highest BCUT2D eigenvalue weighted by atomic mass is 16.4. The van der Waals surface area contributed by atoms with E-state index in [0.717, 1.165) is 31.0 Å². The van der Waals surface area contributed by atoms with Crippen LogP contribution in [0.1, 0.15) is 30.9 Å². The smallest absolute Gasteiger partial charge is 0.303 e. The highest BCUT2D eigenvalue weighted by Gasteiger charge is 2.23. The fourth-order valence-corrected chi connectivity index (χ4v) is 2.30. The van der Waals surface area contributed by atoms with Crippen LogP contribution in [0.25, 0.3) is 0 Å². The molecule has 20 heavy (non-hydrogen) atoms. The summed E-state index contributed by atoms with van der Waals surface area (Å²) < 4.78 is 2.02. The first-order valence-electron chi connectivity index (χ1n) is 6.62. The predicted octanol–water partition coefficient (Wildman–Crippen LogP) is -0.625. The molecule has 3 N–H and O–H groups in total. The van der Waals surface area contributed by atoms with E-state index < -0.39 is 12.0 Å². The molecule has 1 amide bonds. The van der Waals surface area contributed by atoms with Crippen LogP contribution in [0.3, 0.4) is 0 Å². The molecule has 1 aromatic rings. The van der Waals surface area contributed by atoms with Gasteiger partial charge in [-0.3, -0.25) is 9.59 Å². The first-order chi connectivity index (χ1) is 9.49. The number of rotatable bonds is 6. The van der Waals surface area contributed by atoms with Crippen LogP contribution < -0.4 is 5.73 Å². The lowest BCUT2D eigenvalue weighted by Crippen LogP contribution is -2.42. The molecule has 0 aromatic carbocycles. The standard InChI is InChI=1S/C12H19N5O3/c1-16(12(20)8(13)4-5-11(18)19)7-10-15-14-9-3-2-6-17(9)10/h8H,2-7,13H2,1H3,(H,18,19). The SMILES string of the molecule is CN(Cc1nnc2n1CCC2)C(=O)C(N)CCC(=O)O. The number of fused-ring (bicyclic) bond motifs is 1. The Labute approximate surface area is 116 Å². The Morgan fingerprint density at radius 2 is 2.25 bits per heavy atom. The minimum atomic E-state index is -0.953. The Balaban J connectivity index is 1.92. The zero-order valence-corrected chi connectivity index (χ0v) is 11.4. The quantitative estimate of drug-likeness (QED) is 0.718. The lowest BCUT2D eigenvalue weighted by atomic mass is 10.1. The van der Waals surface area contributed by atoms with Gasteiger partial charge in [0.25, 0.3) is 0 Å². The van der Waals surface area contributed by atoms with Gasteiger partial charge in [0.1, 0.15) is 5.82 Å². The summed E-state index contributed by atoms with van der Waals surface area (Å²) in [6, 6.07) is -0.794. The fourth-order valence-electron chi connectivity index (χ4n) is 2.30. The number of hydrogen-bond acceptors (Lipinski definition) is 5. The van der Waals surface area contributed by atoms with Gasteiger partial charge in [-0.1, -0.05) is 0 Å². The average Bonchev–Trinajstić information content (AvgIpc) is 2.99. The highest BCUT2D eigenvalue weighted by Crippen LogP contribution is 2.15. The van der Waals surface area contributed by atoms with Crippen LogP contribution >= 0.6 is 0 Å². The number of hydrogen-bond donors (Lipinski definition) is 2. The van der Waals surface area contributed by atoms with E-state index in [1.165, 1.54) is 4.90 Å². The van der Waals surface area contributed by atoms with Crippen molar-refractivity contribution in [3.63, 3.8) is 0 Å². The van der Waals surface area contributed by atoms with Crippen LogP contribution in [-0.2, 0) is 29.1 Å². The van der Waals surface area contributed by atoms with Crippen molar-refractivity contribution in [1.29, 1.82) is 0 Å². The summed E-state index contributed by atoms with van der Waals surface area (Å²) >= 11 is 0. The van der Waals surface area contributed by atoms with E-state index in [0.29, 0.717) is 6.54 Å². The van der Waals surface area contributed by atoms with E-state index in [2.05, 4.69) is 10.2 Å². The van der Waals surface area contributed by atoms with Crippen molar-refractivity contribution in [2.45, 2.75) is 44.8 Å². The van der Waals surface area contributed by atoms with Gasteiger partial charge in [-0.2, -0.15) is 0 Å². The van der Waals surface area contributed by atoms with Crippen molar-refractivity contribution in [2.75, 3.05) is 7.05 Å². The number of carboxylic acids is 1. The molecule has 8 nitrogen and oxygen atoms in total. The van der Waals surface area contributed by atoms with Crippen molar-refractivity contribution in [1.82, 2.24) is 19.7 Å². The first-order valence-corrected chi connectivity index (χ1v) is 6.62. The summed E-state index contributed by atoms with van der Waals surface area (Å²) in [5.74, 6) is 0.475. The molecule has 0 bridgehead atoms. The van der Waals surface area contributed by atoms with Crippen molar-refractivity contribution < 1.29 is 14.7 Å². The molecular formula is C12H19N5O3. The topological polar surface area (TPSA) is 114 Å². The number of carbonyl (C=O) groups excluding carboxylic acids is 1. The summed E-state index contributed by atoms with van der Waals surface area (Å²) in [4.78, 5) is 24.0. The van der Waals surface area contributed by atoms with E-state index in [1.807, 2.05) is 4.57 Å².